The first-order chi connectivity index (χ1) is 65.1. The average molecular weight is 1910 g/mol. The van der Waals surface area contributed by atoms with Gasteiger partial charge in [-0.05, 0) is 47.7 Å². The molecular weight excluding hydrogens is 1690 g/mol. The van der Waals surface area contributed by atoms with E-state index in [9.17, 15) is 0 Å². The fourth-order valence-electron chi connectivity index (χ4n) is 23.7. The third kappa shape index (κ3) is 49.0. The van der Waals surface area contributed by atoms with Crippen molar-refractivity contribution in [3.05, 3.63) is 121 Å². The van der Waals surface area contributed by atoms with Crippen molar-refractivity contribution in [3.63, 3.8) is 0 Å². The van der Waals surface area contributed by atoms with Gasteiger partial charge in [0.05, 0.1) is 32.3 Å². The van der Waals surface area contributed by atoms with Crippen molar-refractivity contribution in [2.45, 2.75) is 618 Å². The molecule has 0 aromatic heterocycles. The van der Waals surface area contributed by atoms with Gasteiger partial charge in [0.2, 0.25) is 0 Å². The van der Waals surface area contributed by atoms with Crippen molar-refractivity contribution in [3.8, 4) is 0 Å². The second-order valence-electron chi connectivity index (χ2n) is 43.7. The lowest BCUT2D eigenvalue weighted by molar-refractivity contribution is 0.608. The molecule has 0 aliphatic rings. The molecule has 754 valence electrons. The molecule has 0 radical (unpaired) electrons. The SMILES string of the molecule is CCCCCCCC[Si](CCCCCCCC)(CCCCCCCC)c1ccc(P(c2ccc([Si](CCCCCCCC)(CCCCCCCC)CCCCCCCC)cc2)c2ccccc2P(c2ccc([Si](CCCCCCCC)(CCCCCCCC)CCCCCCCC)cc2)c2ccc([Si](CCCCCCCC)(CCCCCCCC)CCCCCCCC)cc2)cc1. The Hall–Kier alpha value is -2.17. The number of unbranched alkanes of at least 4 members (excludes halogenated alkanes) is 60. The summed E-state index contributed by atoms with van der Waals surface area (Å²) in [5.74, 6) is 0. The summed E-state index contributed by atoms with van der Waals surface area (Å²) in [5, 5.41) is 17.0. The van der Waals surface area contributed by atoms with Gasteiger partial charge in [-0.15, -0.1) is 0 Å². The fourth-order valence-corrected chi connectivity index (χ4v) is 50.0. The Morgan fingerprint density at radius 2 is 0.235 bits per heavy atom. The van der Waals surface area contributed by atoms with Crippen molar-refractivity contribution in [2.24, 2.45) is 0 Å². The molecule has 0 fully saturated rings. The van der Waals surface area contributed by atoms with Gasteiger partial charge >= 0.3 is 0 Å². The summed E-state index contributed by atoms with van der Waals surface area (Å²) in [7, 11) is -9.55. The Morgan fingerprint density at radius 3 is 0.348 bits per heavy atom. The smallest absolute Gasteiger partial charge is 0.0654 e. The molecular formula is C126H224P2Si4. The summed E-state index contributed by atoms with van der Waals surface area (Å²) in [6, 6.07) is 74.1. The van der Waals surface area contributed by atoms with E-state index in [4.69, 9.17) is 0 Å². The Labute approximate surface area is 833 Å². The molecule has 5 aromatic carbocycles. The molecule has 0 atom stereocenters. The highest BCUT2D eigenvalue weighted by Gasteiger charge is 2.40. The predicted octanol–water partition coefficient (Wildman–Crippen LogP) is 40.2. The Bertz CT molecular complexity index is 2770. The Balaban J connectivity index is 1.97. The van der Waals surface area contributed by atoms with Crippen molar-refractivity contribution >= 4 is 101 Å². The van der Waals surface area contributed by atoms with Gasteiger partial charge in [0.1, 0.15) is 0 Å². The maximum atomic E-state index is 2.87. The van der Waals surface area contributed by atoms with Gasteiger partial charge < -0.3 is 0 Å². The van der Waals surface area contributed by atoms with Crippen LogP contribution in [-0.2, 0) is 0 Å². The quantitative estimate of drug-likeness (QED) is 0.0207. The molecule has 0 spiro atoms. The number of rotatable bonds is 94. The van der Waals surface area contributed by atoms with E-state index in [1.165, 1.54) is 535 Å². The van der Waals surface area contributed by atoms with Crippen LogP contribution in [0.3, 0.4) is 0 Å². The van der Waals surface area contributed by atoms with Crippen molar-refractivity contribution in [1.82, 2.24) is 0 Å². The van der Waals surface area contributed by atoms with Crippen LogP contribution in [0.1, 0.15) is 545 Å². The van der Waals surface area contributed by atoms with Gasteiger partial charge in [0, 0.05) is 0 Å². The van der Waals surface area contributed by atoms with Gasteiger partial charge in [-0.1, -0.05) is 760 Å². The van der Waals surface area contributed by atoms with E-state index in [0.29, 0.717) is 0 Å². The highest BCUT2D eigenvalue weighted by Crippen LogP contribution is 2.43. The lowest BCUT2D eigenvalue weighted by atomic mass is 10.1. The van der Waals surface area contributed by atoms with E-state index in [-0.39, 0.29) is 0 Å². The molecule has 0 saturated carbocycles. The molecule has 0 aliphatic heterocycles. The normalized spacial score (nSPS) is 12.3. The average Bonchev–Trinajstić information content (AvgIpc) is 0.776. The molecule has 0 N–H and O–H groups in total. The van der Waals surface area contributed by atoms with E-state index in [2.05, 4.69) is 204 Å². The standard InChI is InChI=1S/C126H224P2Si4/c1-13-25-37-49-61-75-105-129(106-76-62-50-38-26-14-2,107-77-63-51-39-27-15-3)121-97-89-117(90-98-121)127(118-91-99-122(100-92-118)130(108-78-64-52-40-28-16-4,109-79-65-53-41-29-17-5)110-80-66-54-42-30-18-6)125-87-73-74-88-126(125)128(119-93-101-123(102-94-119)131(111-81-67-55-43-31-19-7,112-82-68-56-44-32-20-8)113-83-69-57-45-33-21-9)120-95-103-124(104-96-120)132(114-84-70-58-46-34-22-10,115-85-71-59-47-35-23-11)116-86-72-60-48-36-24-12/h73-74,87-104H,13-72,75-86,105-116H2,1-12H3. The summed E-state index contributed by atoms with van der Waals surface area (Å²) < 4.78 is 0. The van der Waals surface area contributed by atoms with E-state index in [1.807, 2.05) is 20.7 Å². The first kappa shape index (κ1) is 120. The lowest BCUT2D eigenvalue weighted by Gasteiger charge is -2.35. The minimum absolute atomic E-state index is 0.961. The molecule has 132 heavy (non-hydrogen) atoms. The maximum absolute atomic E-state index is 2.87. The molecule has 0 saturated heterocycles. The minimum Gasteiger partial charge on any atom is -0.0654 e. The highest BCUT2D eigenvalue weighted by atomic mass is 31.1. The third-order valence-electron chi connectivity index (χ3n) is 32.4. The van der Waals surface area contributed by atoms with Crippen LogP contribution in [0, 0.1) is 0 Å². The van der Waals surface area contributed by atoms with Crippen LogP contribution in [0.15, 0.2) is 121 Å². The zero-order valence-corrected chi connectivity index (χ0v) is 96.6. The first-order valence-corrected chi connectivity index (χ1v) is 73.4. The van der Waals surface area contributed by atoms with E-state index < -0.39 is 48.1 Å². The summed E-state index contributed by atoms with van der Waals surface area (Å²) in [6.45, 7) is 28.9. The molecule has 0 aliphatic carbocycles. The second kappa shape index (κ2) is 80.4. The van der Waals surface area contributed by atoms with Crippen LogP contribution >= 0.6 is 15.8 Å². The van der Waals surface area contributed by atoms with Crippen LogP contribution in [-0.4, -0.2) is 32.3 Å². The molecule has 5 rings (SSSR count). The highest BCUT2D eigenvalue weighted by molar-refractivity contribution is 7.85. The summed E-state index contributed by atoms with van der Waals surface area (Å²) in [5.41, 5.74) is 0. The van der Waals surface area contributed by atoms with E-state index in [1.54, 1.807) is 31.8 Å². The summed E-state index contributed by atoms with van der Waals surface area (Å²) in [4.78, 5) is 0. The van der Waals surface area contributed by atoms with Crippen LogP contribution in [0.2, 0.25) is 72.5 Å². The van der Waals surface area contributed by atoms with Gasteiger partial charge in [0.15, 0.2) is 0 Å². The van der Waals surface area contributed by atoms with Crippen molar-refractivity contribution in [2.75, 3.05) is 0 Å². The predicted molar refractivity (Wildman–Crippen MR) is 624 cm³/mol. The summed E-state index contributed by atoms with van der Waals surface area (Å²) >= 11 is 0. The van der Waals surface area contributed by atoms with Crippen LogP contribution in [0.4, 0.5) is 0 Å². The molecule has 0 amide bonds. The number of hydrogen-bond donors (Lipinski definition) is 0. The summed E-state index contributed by atoms with van der Waals surface area (Å²) in [6.07, 6.45) is 101. The van der Waals surface area contributed by atoms with Gasteiger partial charge in [0.25, 0.3) is 0 Å². The van der Waals surface area contributed by atoms with E-state index in [0.717, 1.165) is 0 Å². The van der Waals surface area contributed by atoms with Gasteiger partial charge in [-0.25, -0.2) is 0 Å². The zero-order chi connectivity index (χ0) is 94.5. The Morgan fingerprint density at radius 1 is 0.129 bits per heavy atom. The molecule has 0 bridgehead atoms. The third-order valence-corrected chi connectivity index (χ3v) is 59.6. The topological polar surface area (TPSA) is 0 Å². The van der Waals surface area contributed by atoms with Gasteiger partial charge in [-0.3, -0.25) is 0 Å². The number of benzene rings is 5. The van der Waals surface area contributed by atoms with Crippen LogP contribution in [0.25, 0.3) is 0 Å². The molecule has 6 heteroatoms. The monoisotopic (exact) mass is 1910 g/mol. The second-order valence-corrected chi connectivity index (χ2v) is 66.6. The maximum Gasteiger partial charge on any atom is 0.0867 e. The largest absolute Gasteiger partial charge is 0.0867 e. The van der Waals surface area contributed by atoms with Crippen molar-refractivity contribution in [1.29, 1.82) is 0 Å². The molecule has 0 nitrogen and oxygen atoms in total. The first-order valence-electron chi connectivity index (χ1n) is 60.2. The zero-order valence-electron chi connectivity index (χ0n) is 90.8. The molecule has 0 heterocycles. The fraction of sp³-hybridized carbons (Fsp3) is 0.762. The van der Waals surface area contributed by atoms with Crippen LogP contribution < -0.4 is 52.6 Å². The van der Waals surface area contributed by atoms with Gasteiger partial charge in [-0.2, -0.15) is 0 Å². The van der Waals surface area contributed by atoms with E-state index >= 15 is 0 Å². The molecule has 0 unspecified atom stereocenters. The molecule has 5 aromatic rings. The Kier molecular flexibility index (Phi) is 73.3. The number of hydrogen-bond acceptors (Lipinski definition) is 0. The van der Waals surface area contributed by atoms with Crippen molar-refractivity contribution < 1.29 is 0 Å². The lowest BCUT2D eigenvalue weighted by Crippen LogP contribution is -2.48. The minimum atomic E-state index is -1.91. The van der Waals surface area contributed by atoms with Crippen LogP contribution in [0.5, 0.6) is 0 Å².